The van der Waals surface area contributed by atoms with E-state index in [2.05, 4.69) is 0 Å². The standard InChI is InChI=1S/C4H8NO4P/c6-4(7)5(8)2-1-3-10-9/h8H,1-3H2,(H,6,7)/p+1. The molecule has 0 aromatic heterocycles. The maximum Gasteiger partial charge on any atom is 0.431 e. The van der Waals surface area contributed by atoms with E-state index in [1.807, 2.05) is 0 Å². The highest BCUT2D eigenvalue weighted by Gasteiger charge is 2.06. The van der Waals surface area contributed by atoms with Gasteiger partial charge in [-0.15, -0.1) is 0 Å². The Morgan fingerprint density at radius 3 is 2.60 bits per heavy atom. The lowest BCUT2D eigenvalue weighted by molar-refractivity contribution is -0.0632. The Morgan fingerprint density at radius 2 is 2.20 bits per heavy atom. The highest BCUT2D eigenvalue weighted by atomic mass is 31.1. The molecule has 0 saturated heterocycles. The minimum Gasteiger partial charge on any atom is -0.463 e. The second-order valence-electron chi connectivity index (χ2n) is 1.65. The summed E-state index contributed by atoms with van der Waals surface area (Å²) in [5.74, 6) is 0. The van der Waals surface area contributed by atoms with E-state index in [0.717, 1.165) is 0 Å². The monoisotopic (exact) mass is 166 g/mol. The molecule has 0 bridgehead atoms. The third kappa shape index (κ3) is 4.23. The predicted octanol–water partition coefficient (Wildman–Crippen LogP) is 0.770. The van der Waals surface area contributed by atoms with Crippen LogP contribution in [0.3, 0.4) is 0 Å². The van der Waals surface area contributed by atoms with Gasteiger partial charge in [-0.2, -0.15) is 5.06 Å². The molecule has 0 aliphatic rings. The van der Waals surface area contributed by atoms with Crippen molar-refractivity contribution in [2.24, 2.45) is 0 Å². The number of carboxylic acid groups (broad SMARTS) is 1. The summed E-state index contributed by atoms with van der Waals surface area (Å²) < 4.78 is 9.86. The highest BCUT2D eigenvalue weighted by Crippen LogP contribution is 1.96. The molecule has 58 valence electrons. The molecule has 1 amide bonds. The lowest BCUT2D eigenvalue weighted by atomic mass is 10.5. The van der Waals surface area contributed by atoms with Crippen molar-refractivity contribution >= 4 is 14.6 Å². The summed E-state index contributed by atoms with van der Waals surface area (Å²) in [7, 11) is -0.430. The van der Waals surface area contributed by atoms with E-state index in [0.29, 0.717) is 12.6 Å². The molecule has 0 spiro atoms. The molecule has 6 heteroatoms. The van der Waals surface area contributed by atoms with Crippen LogP contribution in [0.4, 0.5) is 4.79 Å². The molecule has 0 aliphatic carbocycles. The normalized spacial score (nSPS) is 9.70. The van der Waals surface area contributed by atoms with Crippen LogP contribution in [-0.2, 0) is 4.57 Å². The van der Waals surface area contributed by atoms with E-state index in [4.69, 9.17) is 10.3 Å². The van der Waals surface area contributed by atoms with Gasteiger partial charge in [-0.3, -0.25) is 5.21 Å². The molecule has 0 radical (unpaired) electrons. The number of hydroxylamine groups is 2. The fourth-order valence-electron chi connectivity index (χ4n) is 0.397. The predicted molar refractivity (Wildman–Crippen MR) is 35.0 cm³/mol. The van der Waals surface area contributed by atoms with Gasteiger partial charge in [0, 0.05) is 6.42 Å². The quantitative estimate of drug-likeness (QED) is 0.280. The maximum atomic E-state index is 9.89. The second-order valence-corrected chi connectivity index (χ2v) is 2.44. The van der Waals surface area contributed by atoms with Gasteiger partial charge >= 0.3 is 14.6 Å². The molecule has 0 rings (SSSR count). The van der Waals surface area contributed by atoms with Crippen molar-refractivity contribution < 1.29 is 19.7 Å². The van der Waals surface area contributed by atoms with Gasteiger partial charge in [0.05, 0.1) is 6.54 Å². The van der Waals surface area contributed by atoms with Crippen molar-refractivity contribution in [3.8, 4) is 0 Å². The molecule has 0 aromatic carbocycles. The van der Waals surface area contributed by atoms with E-state index >= 15 is 0 Å². The summed E-state index contributed by atoms with van der Waals surface area (Å²) in [6.45, 7) is 0.0184. The van der Waals surface area contributed by atoms with Gasteiger partial charge in [0.15, 0.2) is 0 Å². The van der Waals surface area contributed by atoms with E-state index in [1.165, 1.54) is 0 Å². The van der Waals surface area contributed by atoms with Crippen molar-refractivity contribution in [3.05, 3.63) is 0 Å². The smallest absolute Gasteiger partial charge is 0.431 e. The van der Waals surface area contributed by atoms with E-state index in [9.17, 15) is 9.36 Å². The molecular weight excluding hydrogens is 157 g/mol. The van der Waals surface area contributed by atoms with Gasteiger partial charge in [0.25, 0.3) is 0 Å². The number of hydrogen-bond donors (Lipinski definition) is 2. The lowest BCUT2D eigenvalue weighted by Crippen LogP contribution is -2.26. The maximum absolute atomic E-state index is 9.89. The number of amides is 1. The van der Waals surface area contributed by atoms with Crippen molar-refractivity contribution in [1.82, 2.24) is 5.06 Å². The van der Waals surface area contributed by atoms with E-state index in [-0.39, 0.29) is 11.6 Å². The molecule has 0 heterocycles. The van der Waals surface area contributed by atoms with Crippen LogP contribution in [0.5, 0.6) is 0 Å². The van der Waals surface area contributed by atoms with Gasteiger partial charge in [-0.05, 0) is 0 Å². The van der Waals surface area contributed by atoms with Gasteiger partial charge in [-0.1, -0.05) is 4.57 Å². The first-order valence-corrected chi connectivity index (χ1v) is 3.84. The van der Waals surface area contributed by atoms with E-state index < -0.39 is 14.6 Å². The average molecular weight is 166 g/mol. The second kappa shape index (κ2) is 5.14. The molecule has 1 atom stereocenters. The molecule has 0 fully saturated rings. The summed E-state index contributed by atoms with van der Waals surface area (Å²) in [6.07, 6.45) is -0.538. The van der Waals surface area contributed by atoms with Crippen molar-refractivity contribution in [2.45, 2.75) is 6.42 Å². The molecule has 0 aliphatic heterocycles. The number of carbonyl (C=O) groups is 1. The summed E-state index contributed by atoms with van der Waals surface area (Å²) in [6, 6.07) is 0. The van der Waals surface area contributed by atoms with Gasteiger partial charge < -0.3 is 5.11 Å². The molecule has 0 aromatic rings. The minimum atomic E-state index is -1.38. The van der Waals surface area contributed by atoms with Gasteiger partial charge in [0.2, 0.25) is 0 Å². The van der Waals surface area contributed by atoms with Crippen LogP contribution in [0, 0.1) is 0 Å². The molecule has 5 nitrogen and oxygen atoms in total. The van der Waals surface area contributed by atoms with Crippen LogP contribution < -0.4 is 0 Å². The first kappa shape index (κ1) is 9.33. The Kier molecular flexibility index (Phi) is 4.80. The zero-order valence-electron chi connectivity index (χ0n) is 5.28. The number of rotatable bonds is 4. The molecular formula is C4H9NO4P+. The van der Waals surface area contributed by atoms with E-state index in [1.54, 1.807) is 0 Å². The van der Waals surface area contributed by atoms with Crippen molar-refractivity contribution in [3.63, 3.8) is 0 Å². The Bertz CT molecular complexity index is 128. The average Bonchev–Trinajstić information content (AvgIpc) is 1.88. The third-order valence-electron chi connectivity index (χ3n) is 0.870. The number of hydrogen-bond acceptors (Lipinski definition) is 3. The Hall–Kier alpha value is -0.670. The van der Waals surface area contributed by atoms with Gasteiger partial charge in [0.1, 0.15) is 6.16 Å². The van der Waals surface area contributed by atoms with Crippen LogP contribution >= 0.6 is 8.46 Å². The fraction of sp³-hybridized carbons (Fsp3) is 0.750. The van der Waals surface area contributed by atoms with Crippen molar-refractivity contribution in [1.29, 1.82) is 0 Å². The van der Waals surface area contributed by atoms with Crippen molar-refractivity contribution in [2.75, 3.05) is 12.7 Å². The minimum absolute atomic E-state index is 0.0184. The molecule has 1 unspecified atom stereocenters. The molecule has 0 saturated carbocycles. The fourth-order valence-corrected chi connectivity index (χ4v) is 0.699. The Morgan fingerprint density at radius 1 is 1.60 bits per heavy atom. The first-order chi connectivity index (χ1) is 4.68. The van der Waals surface area contributed by atoms with Crippen LogP contribution in [0.25, 0.3) is 0 Å². The largest absolute Gasteiger partial charge is 0.463 e. The van der Waals surface area contributed by atoms with Crippen LogP contribution in [0.2, 0.25) is 0 Å². The third-order valence-corrected chi connectivity index (χ3v) is 1.43. The molecule has 10 heavy (non-hydrogen) atoms. The number of nitrogens with zero attached hydrogens (tertiary/aromatic N) is 1. The van der Waals surface area contributed by atoms with Gasteiger partial charge in [-0.25, -0.2) is 4.79 Å². The molecule has 2 N–H and O–H groups in total. The zero-order valence-corrected chi connectivity index (χ0v) is 6.28. The lowest BCUT2D eigenvalue weighted by Gasteiger charge is -2.06. The van der Waals surface area contributed by atoms with Crippen LogP contribution in [0.15, 0.2) is 0 Å². The topological polar surface area (TPSA) is 77.8 Å². The van der Waals surface area contributed by atoms with Crippen LogP contribution in [0.1, 0.15) is 6.42 Å². The SMILES string of the molecule is O=[PH+]CCCN(O)C(=O)O. The summed E-state index contributed by atoms with van der Waals surface area (Å²) in [4.78, 5) is 9.89. The summed E-state index contributed by atoms with van der Waals surface area (Å²) >= 11 is 0. The first-order valence-electron chi connectivity index (χ1n) is 2.73. The Labute approximate surface area is 59.4 Å². The summed E-state index contributed by atoms with van der Waals surface area (Å²) in [5.41, 5.74) is 0. The van der Waals surface area contributed by atoms with Crippen LogP contribution in [-0.4, -0.2) is 34.2 Å². The highest BCUT2D eigenvalue weighted by molar-refractivity contribution is 7.23. The summed E-state index contributed by atoms with van der Waals surface area (Å²) in [5, 5.41) is 16.8. The zero-order chi connectivity index (χ0) is 7.98. The Balaban J connectivity index is 3.30.